The lowest BCUT2D eigenvalue weighted by Crippen LogP contribution is -2.43. The van der Waals surface area contributed by atoms with Gasteiger partial charge in [-0.1, -0.05) is 30.3 Å². The fourth-order valence-electron chi connectivity index (χ4n) is 7.96. The second-order valence-corrected chi connectivity index (χ2v) is 16.2. The van der Waals surface area contributed by atoms with Gasteiger partial charge in [-0.25, -0.2) is 13.4 Å². The number of amides is 2. The summed E-state index contributed by atoms with van der Waals surface area (Å²) in [5.41, 5.74) is 5.53. The highest BCUT2D eigenvalue weighted by atomic mass is 32.2. The van der Waals surface area contributed by atoms with E-state index in [-0.39, 0.29) is 29.2 Å². The molecule has 2 aromatic heterocycles. The molecule has 250 valence electrons. The van der Waals surface area contributed by atoms with Crippen LogP contribution in [0.25, 0.3) is 27.9 Å². The van der Waals surface area contributed by atoms with Crippen LogP contribution in [0.15, 0.2) is 54.9 Å². The smallest absolute Gasteiger partial charge is 0.237 e. The normalized spacial score (nSPS) is 23.4. The number of aromatic amines is 1. The third-order valence-electron chi connectivity index (χ3n) is 10.8. The molecule has 2 amide bonds. The van der Waals surface area contributed by atoms with Crippen LogP contribution in [0.5, 0.6) is 0 Å². The van der Waals surface area contributed by atoms with Crippen LogP contribution in [0.1, 0.15) is 49.3 Å². The molecule has 1 N–H and O–H groups in total. The monoisotopic (exact) mass is 668 g/mol. The first-order valence-electron chi connectivity index (χ1n) is 16.8. The highest BCUT2D eigenvalue weighted by molar-refractivity contribution is 7.91. The van der Waals surface area contributed by atoms with Gasteiger partial charge in [-0.2, -0.15) is 10.2 Å². The highest BCUT2D eigenvalue weighted by Gasteiger charge is 2.51. The van der Waals surface area contributed by atoms with E-state index in [2.05, 4.69) is 43.4 Å². The van der Waals surface area contributed by atoms with Gasteiger partial charge in [0.1, 0.15) is 16.2 Å². The average molecular weight is 669 g/mol. The van der Waals surface area contributed by atoms with Crippen LogP contribution in [-0.2, 0) is 26.5 Å². The maximum absolute atomic E-state index is 14.0. The van der Waals surface area contributed by atoms with Crippen LogP contribution in [-0.4, -0.2) is 106 Å². The van der Waals surface area contributed by atoms with Crippen LogP contribution in [0.4, 0.5) is 5.69 Å². The van der Waals surface area contributed by atoms with E-state index in [4.69, 9.17) is 0 Å². The number of benzene rings is 2. The van der Waals surface area contributed by atoms with Crippen molar-refractivity contribution in [3.8, 4) is 11.4 Å². The maximum atomic E-state index is 14.0. The number of carbonyl (C=O) groups excluding carboxylic acids is 2. The van der Waals surface area contributed by atoms with Gasteiger partial charge >= 0.3 is 0 Å². The van der Waals surface area contributed by atoms with Crippen molar-refractivity contribution in [2.45, 2.75) is 38.0 Å². The topological polar surface area (TPSA) is 137 Å². The van der Waals surface area contributed by atoms with Crippen molar-refractivity contribution in [2.24, 2.45) is 12.5 Å². The summed E-state index contributed by atoms with van der Waals surface area (Å²) >= 11 is 0. The molecule has 3 fully saturated rings. The number of sulfone groups is 1. The minimum Gasteiger partial charge on any atom is -0.338 e. The molecule has 4 aromatic rings. The Morgan fingerprint density at radius 2 is 1.79 bits per heavy atom. The molecular weight excluding hydrogens is 629 g/mol. The molecule has 1 spiro atoms. The van der Waals surface area contributed by atoms with Crippen molar-refractivity contribution in [2.75, 3.05) is 55.7 Å². The molecule has 48 heavy (non-hydrogen) atoms. The SMILES string of the molecule is Cn1cnc(-c2ccc(C3=CCN(C(=O)CN4CC[C@]5(CCN(c6ccc7[nH]nc(C8CCS(=O)(=O)CC8)c7c6)C5=O)C4)CC3)cc2)n1. The van der Waals surface area contributed by atoms with E-state index in [0.29, 0.717) is 51.4 Å². The van der Waals surface area contributed by atoms with Crippen molar-refractivity contribution in [3.05, 3.63) is 66.1 Å². The molecule has 0 unspecified atom stereocenters. The molecule has 0 radical (unpaired) electrons. The first-order chi connectivity index (χ1) is 23.2. The third kappa shape index (κ3) is 5.72. The summed E-state index contributed by atoms with van der Waals surface area (Å²) in [6.07, 6.45) is 7.29. The molecule has 6 heterocycles. The van der Waals surface area contributed by atoms with Gasteiger partial charge in [-0.3, -0.25) is 24.3 Å². The lowest BCUT2D eigenvalue weighted by Gasteiger charge is -2.29. The number of nitrogens with one attached hydrogen (secondary N) is 1. The molecule has 13 heteroatoms. The third-order valence-corrected chi connectivity index (χ3v) is 12.5. The number of aromatic nitrogens is 5. The van der Waals surface area contributed by atoms with Crippen LogP contribution < -0.4 is 4.90 Å². The summed E-state index contributed by atoms with van der Waals surface area (Å²) < 4.78 is 25.7. The lowest BCUT2D eigenvalue weighted by molar-refractivity contribution is -0.132. The number of H-pyrrole nitrogens is 1. The van der Waals surface area contributed by atoms with Gasteiger partial charge in [0, 0.05) is 55.8 Å². The summed E-state index contributed by atoms with van der Waals surface area (Å²) in [5, 5.41) is 13.0. The minimum atomic E-state index is -2.97. The quantitative estimate of drug-likeness (QED) is 0.330. The number of hydrogen-bond acceptors (Lipinski definition) is 8. The predicted molar refractivity (Wildman–Crippen MR) is 183 cm³/mol. The molecule has 8 rings (SSSR count). The Morgan fingerprint density at radius 1 is 1.02 bits per heavy atom. The Hall–Kier alpha value is -4.36. The molecular formula is C35H40N8O4S. The first-order valence-corrected chi connectivity index (χ1v) is 18.6. The number of likely N-dealkylation sites (tertiary alicyclic amines) is 1. The van der Waals surface area contributed by atoms with Gasteiger partial charge in [-0.05, 0) is 68.0 Å². The Bertz CT molecular complexity index is 2020. The average Bonchev–Trinajstić information content (AvgIpc) is 3.89. The molecule has 12 nitrogen and oxygen atoms in total. The second-order valence-electron chi connectivity index (χ2n) is 13.9. The Labute approximate surface area is 279 Å². The summed E-state index contributed by atoms with van der Waals surface area (Å²) in [5.74, 6) is 1.40. The molecule has 0 bridgehead atoms. The van der Waals surface area contributed by atoms with Crippen molar-refractivity contribution in [1.29, 1.82) is 0 Å². The minimum absolute atomic E-state index is 0.0862. The molecule has 2 aromatic carbocycles. The second kappa shape index (κ2) is 12.0. The molecule has 4 aliphatic heterocycles. The molecule has 0 saturated carbocycles. The summed E-state index contributed by atoms with van der Waals surface area (Å²) in [6.45, 7) is 3.54. The van der Waals surface area contributed by atoms with Gasteiger partial charge in [0.15, 0.2) is 5.82 Å². The van der Waals surface area contributed by atoms with E-state index in [0.717, 1.165) is 59.2 Å². The Kier molecular flexibility index (Phi) is 7.71. The van der Waals surface area contributed by atoms with Crippen molar-refractivity contribution < 1.29 is 18.0 Å². The van der Waals surface area contributed by atoms with E-state index >= 15 is 0 Å². The predicted octanol–water partition coefficient (Wildman–Crippen LogP) is 3.40. The number of nitrogens with zero attached hydrogens (tertiary/aromatic N) is 7. The number of aryl methyl sites for hydroxylation is 1. The van der Waals surface area contributed by atoms with Crippen LogP contribution in [0, 0.1) is 5.41 Å². The number of carbonyl (C=O) groups is 2. The number of anilines is 1. The molecule has 4 aliphatic rings. The standard InChI is InChI=1S/C35H40N8O4S/c1-40-23-36-33(39-40)27-4-2-24(3-5-27)25-8-14-42(15-9-25)31(44)21-41-16-12-35(22-41)13-17-43(34(35)45)28-6-7-30-29(20-28)32(38-37-30)26-10-18-48(46,47)19-11-26/h2-8,20,23,26H,9-19,21-22H2,1H3,(H,37,38)/t35-/m0/s1. The molecule has 3 saturated heterocycles. The van der Waals surface area contributed by atoms with Gasteiger partial charge in [0.25, 0.3) is 0 Å². The molecule has 0 aliphatic carbocycles. The van der Waals surface area contributed by atoms with E-state index < -0.39 is 15.3 Å². The first kappa shape index (κ1) is 30.9. The van der Waals surface area contributed by atoms with Crippen molar-refractivity contribution in [1.82, 2.24) is 34.8 Å². The van der Waals surface area contributed by atoms with Gasteiger partial charge in [-0.15, -0.1) is 0 Å². The summed E-state index contributed by atoms with van der Waals surface area (Å²) in [4.78, 5) is 37.6. The van der Waals surface area contributed by atoms with Gasteiger partial charge in [0.2, 0.25) is 11.8 Å². The zero-order valence-corrected chi connectivity index (χ0v) is 28.0. The number of fused-ring (bicyclic) bond motifs is 1. The van der Waals surface area contributed by atoms with Gasteiger partial charge < -0.3 is 9.80 Å². The van der Waals surface area contributed by atoms with Gasteiger partial charge in [0.05, 0.1) is 34.7 Å². The summed E-state index contributed by atoms with van der Waals surface area (Å²) in [7, 11) is -1.11. The van der Waals surface area contributed by atoms with E-state index in [1.54, 1.807) is 11.0 Å². The number of hydrogen-bond donors (Lipinski definition) is 1. The fraction of sp³-hybridized carbons (Fsp3) is 0.457. The zero-order valence-electron chi connectivity index (χ0n) is 27.1. The fourth-order valence-corrected chi connectivity index (χ4v) is 9.45. The lowest BCUT2D eigenvalue weighted by atomic mass is 9.85. The largest absolute Gasteiger partial charge is 0.338 e. The van der Waals surface area contributed by atoms with E-state index in [1.165, 1.54) is 5.57 Å². The van der Waals surface area contributed by atoms with Crippen LogP contribution in [0.3, 0.4) is 0 Å². The van der Waals surface area contributed by atoms with Crippen molar-refractivity contribution in [3.63, 3.8) is 0 Å². The van der Waals surface area contributed by atoms with Crippen LogP contribution >= 0.6 is 0 Å². The Morgan fingerprint density at radius 3 is 2.52 bits per heavy atom. The van der Waals surface area contributed by atoms with Crippen molar-refractivity contribution >= 4 is 43.8 Å². The Balaban J connectivity index is 0.882. The maximum Gasteiger partial charge on any atom is 0.237 e. The number of rotatable bonds is 6. The highest BCUT2D eigenvalue weighted by Crippen LogP contribution is 2.43. The summed E-state index contributed by atoms with van der Waals surface area (Å²) in [6, 6.07) is 14.2. The zero-order chi connectivity index (χ0) is 33.0. The van der Waals surface area contributed by atoms with Crippen LogP contribution in [0.2, 0.25) is 0 Å². The van der Waals surface area contributed by atoms with E-state index in [9.17, 15) is 18.0 Å². The molecule has 1 atom stereocenters. The van der Waals surface area contributed by atoms with E-state index in [1.807, 2.05) is 47.2 Å².